The molecule has 4 heteroatoms. The Hall–Kier alpha value is -1.68. The number of nitrogens with zero attached hydrogens (tertiary/aromatic N) is 3. The van der Waals surface area contributed by atoms with Gasteiger partial charge < -0.3 is 5.32 Å². The minimum absolute atomic E-state index is 0.471. The number of rotatable bonds is 8. The maximum absolute atomic E-state index is 4.54. The van der Waals surface area contributed by atoms with Crippen molar-refractivity contribution in [3.63, 3.8) is 0 Å². The van der Waals surface area contributed by atoms with E-state index < -0.39 is 0 Å². The normalized spacial score (nSPS) is 12.5. The summed E-state index contributed by atoms with van der Waals surface area (Å²) in [6.45, 7) is 8.29. The first-order chi connectivity index (χ1) is 10.2. The van der Waals surface area contributed by atoms with Crippen molar-refractivity contribution in [3.8, 4) is 0 Å². The van der Waals surface area contributed by atoms with Gasteiger partial charge in [0.25, 0.3) is 0 Å². The Morgan fingerprint density at radius 3 is 2.81 bits per heavy atom. The molecule has 2 heterocycles. The molecule has 0 radical (unpaired) electrons. The standard InChI is InChI=1S/C17H26N4/c1-4-18-16(10-9-15-8-6-7-11-19-15)13-17-12-14(3)20-21(17)5-2/h6-8,11-12,16,18H,4-5,9-10,13H2,1-3H3. The second-order valence-electron chi connectivity index (χ2n) is 5.41. The Balaban J connectivity index is 1.98. The van der Waals surface area contributed by atoms with E-state index in [2.05, 4.69) is 59.1 Å². The van der Waals surface area contributed by atoms with Crippen molar-refractivity contribution in [2.75, 3.05) is 6.54 Å². The maximum Gasteiger partial charge on any atom is 0.0596 e. The van der Waals surface area contributed by atoms with Gasteiger partial charge in [-0.2, -0.15) is 5.10 Å². The zero-order valence-electron chi connectivity index (χ0n) is 13.3. The van der Waals surface area contributed by atoms with Gasteiger partial charge in [0.1, 0.15) is 0 Å². The number of aromatic nitrogens is 3. The van der Waals surface area contributed by atoms with Crippen LogP contribution in [0.4, 0.5) is 0 Å². The van der Waals surface area contributed by atoms with Crippen molar-refractivity contribution >= 4 is 0 Å². The largest absolute Gasteiger partial charge is 0.314 e. The molecule has 0 aliphatic carbocycles. The number of hydrogen-bond acceptors (Lipinski definition) is 3. The lowest BCUT2D eigenvalue weighted by Crippen LogP contribution is -2.32. The molecule has 0 aromatic carbocycles. The molecule has 0 saturated carbocycles. The van der Waals surface area contributed by atoms with Gasteiger partial charge in [-0.3, -0.25) is 9.67 Å². The molecule has 2 aromatic rings. The van der Waals surface area contributed by atoms with Gasteiger partial charge in [-0.15, -0.1) is 0 Å². The van der Waals surface area contributed by atoms with E-state index in [1.54, 1.807) is 0 Å². The number of likely N-dealkylation sites (N-methyl/N-ethyl adjacent to an activating group) is 1. The van der Waals surface area contributed by atoms with E-state index in [1.165, 1.54) is 11.4 Å². The van der Waals surface area contributed by atoms with E-state index in [-0.39, 0.29) is 0 Å². The molecule has 0 bridgehead atoms. The zero-order chi connectivity index (χ0) is 15.1. The molecule has 1 N–H and O–H groups in total. The highest BCUT2D eigenvalue weighted by Crippen LogP contribution is 2.11. The number of aryl methyl sites for hydroxylation is 3. The van der Waals surface area contributed by atoms with Crippen LogP contribution < -0.4 is 5.32 Å². The lowest BCUT2D eigenvalue weighted by atomic mass is 10.0. The molecule has 2 aromatic heterocycles. The van der Waals surface area contributed by atoms with Gasteiger partial charge >= 0.3 is 0 Å². The SMILES string of the molecule is CCNC(CCc1ccccn1)Cc1cc(C)nn1CC. The summed E-state index contributed by atoms with van der Waals surface area (Å²) in [7, 11) is 0. The Kier molecular flexibility index (Phi) is 5.93. The molecule has 0 saturated heterocycles. The first kappa shape index (κ1) is 15.7. The second-order valence-corrected chi connectivity index (χ2v) is 5.41. The van der Waals surface area contributed by atoms with Crippen LogP contribution in [0.2, 0.25) is 0 Å². The van der Waals surface area contributed by atoms with Gasteiger partial charge in [-0.05, 0) is 51.4 Å². The molecule has 0 aliphatic heterocycles. The second kappa shape index (κ2) is 7.93. The third-order valence-corrected chi connectivity index (χ3v) is 3.71. The smallest absolute Gasteiger partial charge is 0.0596 e. The van der Waals surface area contributed by atoms with E-state index >= 15 is 0 Å². The van der Waals surface area contributed by atoms with Crippen molar-refractivity contribution in [1.82, 2.24) is 20.1 Å². The molecular formula is C17H26N4. The van der Waals surface area contributed by atoms with Crippen molar-refractivity contribution < 1.29 is 0 Å². The van der Waals surface area contributed by atoms with Crippen molar-refractivity contribution in [2.45, 2.75) is 52.6 Å². The van der Waals surface area contributed by atoms with Crippen LogP contribution in [-0.2, 0) is 19.4 Å². The van der Waals surface area contributed by atoms with Crippen molar-refractivity contribution in [1.29, 1.82) is 0 Å². The molecule has 114 valence electrons. The average molecular weight is 286 g/mol. The molecule has 0 fully saturated rings. The lowest BCUT2D eigenvalue weighted by Gasteiger charge is -2.18. The fourth-order valence-electron chi connectivity index (χ4n) is 2.72. The molecule has 1 unspecified atom stereocenters. The third-order valence-electron chi connectivity index (χ3n) is 3.71. The predicted octanol–water partition coefficient (Wildman–Crippen LogP) is 2.76. The van der Waals surface area contributed by atoms with Crippen LogP contribution in [0.1, 0.15) is 37.4 Å². The van der Waals surface area contributed by atoms with Gasteiger partial charge in [-0.25, -0.2) is 0 Å². The molecule has 21 heavy (non-hydrogen) atoms. The molecule has 0 amide bonds. The summed E-state index contributed by atoms with van der Waals surface area (Å²) in [4.78, 5) is 4.41. The molecule has 4 nitrogen and oxygen atoms in total. The monoisotopic (exact) mass is 286 g/mol. The van der Waals surface area contributed by atoms with Crippen molar-refractivity contribution in [3.05, 3.63) is 47.5 Å². The third kappa shape index (κ3) is 4.67. The van der Waals surface area contributed by atoms with Crippen LogP contribution in [0.15, 0.2) is 30.5 Å². The molecule has 1 atom stereocenters. The number of pyridine rings is 1. The predicted molar refractivity (Wildman–Crippen MR) is 86.4 cm³/mol. The summed E-state index contributed by atoms with van der Waals surface area (Å²) < 4.78 is 2.11. The zero-order valence-corrected chi connectivity index (χ0v) is 13.3. The summed E-state index contributed by atoms with van der Waals surface area (Å²) >= 11 is 0. The van der Waals surface area contributed by atoms with Crippen LogP contribution in [0.3, 0.4) is 0 Å². The lowest BCUT2D eigenvalue weighted by molar-refractivity contribution is 0.469. The topological polar surface area (TPSA) is 42.7 Å². The highest BCUT2D eigenvalue weighted by atomic mass is 15.3. The minimum Gasteiger partial charge on any atom is -0.314 e. The molecule has 0 aliphatic rings. The highest BCUT2D eigenvalue weighted by molar-refractivity contribution is 5.11. The van der Waals surface area contributed by atoms with Gasteiger partial charge in [0.15, 0.2) is 0 Å². The van der Waals surface area contributed by atoms with Crippen LogP contribution in [-0.4, -0.2) is 27.4 Å². The summed E-state index contributed by atoms with van der Waals surface area (Å²) in [6, 6.07) is 8.80. The van der Waals surface area contributed by atoms with Crippen LogP contribution in [0.5, 0.6) is 0 Å². The fourth-order valence-corrected chi connectivity index (χ4v) is 2.72. The quantitative estimate of drug-likeness (QED) is 0.811. The summed E-state index contributed by atoms with van der Waals surface area (Å²) in [5, 5.41) is 8.13. The molecule has 2 rings (SSSR count). The van der Waals surface area contributed by atoms with Gasteiger partial charge in [0.2, 0.25) is 0 Å². The summed E-state index contributed by atoms with van der Waals surface area (Å²) in [6.07, 6.45) is 5.00. The first-order valence-corrected chi connectivity index (χ1v) is 7.89. The molecule has 0 spiro atoms. The Bertz CT molecular complexity index is 533. The van der Waals surface area contributed by atoms with Crippen LogP contribution >= 0.6 is 0 Å². The first-order valence-electron chi connectivity index (χ1n) is 7.89. The molecular weight excluding hydrogens is 260 g/mol. The van der Waals surface area contributed by atoms with Gasteiger partial charge in [0.05, 0.1) is 5.69 Å². The Morgan fingerprint density at radius 2 is 2.14 bits per heavy atom. The van der Waals surface area contributed by atoms with E-state index in [4.69, 9.17) is 0 Å². The fraction of sp³-hybridized carbons (Fsp3) is 0.529. The van der Waals surface area contributed by atoms with E-state index in [0.717, 1.165) is 38.0 Å². The van der Waals surface area contributed by atoms with Crippen LogP contribution in [0.25, 0.3) is 0 Å². The summed E-state index contributed by atoms with van der Waals surface area (Å²) in [5.74, 6) is 0. The highest BCUT2D eigenvalue weighted by Gasteiger charge is 2.13. The van der Waals surface area contributed by atoms with E-state index in [0.29, 0.717) is 6.04 Å². The maximum atomic E-state index is 4.54. The van der Waals surface area contributed by atoms with Crippen LogP contribution in [0, 0.1) is 6.92 Å². The summed E-state index contributed by atoms with van der Waals surface area (Å²) in [5.41, 5.74) is 3.59. The number of nitrogens with one attached hydrogen (secondary N) is 1. The van der Waals surface area contributed by atoms with Gasteiger partial charge in [0, 0.05) is 36.6 Å². The van der Waals surface area contributed by atoms with E-state index in [1.807, 2.05) is 12.3 Å². The van der Waals surface area contributed by atoms with E-state index in [9.17, 15) is 0 Å². The minimum atomic E-state index is 0.471. The number of hydrogen-bond donors (Lipinski definition) is 1. The average Bonchev–Trinajstić information content (AvgIpc) is 2.86. The Labute approximate surface area is 127 Å². The Morgan fingerprint density at radius 1 is 1.29 bits per heavy atom. The van der Waals surface area contributed by atoms with Gasteiger partial charge in [-0.1, -0.05) is 13.0 Å². The van der Waals surface area contributed by atoms with Crippen molar-refractivity contribution in [2.24, 2.45) is 0 Å².